The van der Waals surface area contributed by atoms with Gasteiger partial charge in [0.2, 0.25) is 0 Å². The molecule has 0 bridgehead atoms. The zero-order valence-electron chi connectivity index (χ0n) is 9.80. The van der Waals surface area contributed by atoms with Crippen LogP contribution in [0.5, 0.6) is 0 Å². The molecule has 1 atom stereocenters. The molecule has 2 rings (SSSR count). The second kappa shape index (κ2) is 6.89. The SMILES string of the molecule is NNC(CSc1ccccc1F)Cc1ccsc1. The normalized spacial score (nSPS) is 12.6. The third-order valence-corrected chi connectivity index (χ3v) is 4.52. The van der Waals surface area contributed by atoms with E-state index in [9.17, 15) is 4.39 Å². The van der Waals surface area contributed by atoms with Crippen molar-refractivity contribution in [3.05, 3.63) is 52.5 Å². The lowest BCUT2D eigenvalue weighted by atomic mass is 10.1. The van der Waals surface area contributed by atoms with Gasteiger partial charge in [0, 0.05) is 16.7 Å². The van der Waals surface area contributed by atoms with Gasteiger partial charge in [-0.15, -0.1) is 11.8 Å². The van der Waals surface area contributed by atoms with E-state index in [2.05, 4.69) is 16.9 Å². The molecule has 2 nitrogen and oxygen atoms in total. The Labute approximate surface area is 114 Å². The number of rotatable bonds is 6. The van der Waals surface area contributed by atoms with Crippen molar-refractivity contribution in [2.75, 3.05) is 5.75 Å². The van der Waals surface area contributed by atoms with Crippen LogP contribution in [0.3, 0.4) is 0 Å². The predicted octanol–water partition coefficient (Wildman–Crippen LogP) is 3.05. The van der Waals surface area contributed by atoms with E-state index in [-0.39, 0.29) is 11.9 Å². The molecule has 1 unspecified atom stereocenters. The predicted molar refractivity (Wildman–Crippen MR) is 76.3 cm³/mol. The van der Waals surface area contributed by atoms with Crippen LogP contribution < -0.4 is 11.3 Å². The Morgan fingerprint density at radius 1 is 1.33 bits per heavy atom. The summed E-state index contributed by atoms with van der Waals surface area (Å²) in [4.78, 5) is 0.670. The van der Waals surface area contributed by atoms with Gasteiger partial charge in [-0.1, -0.05) is 12.1 Å². The lowest BCUT2D eigenvalue weighted by Crippen LogP contribution is -2.38. The standard InChI is InChI=1S/C13H15FN2S2/c14-12-3-1-2-4-13(12)18-9-11(16-15)7-10-5-6-17-8-10/h1-6,8,11,16H,7,9,15H2. The van der Waals surface area contributed by atoms with Gasteiger partial charge in [-0.05, 0) is 40.9 Å². The van der Waals surface area contributed by atoms with Gasteiger partial charge in [0.1, 0.15) is 5.82 Å². The van der Waals surface area contributed by atoms with Crippen LogP contribution in [-0.2, 0) is 6.42 Å². The molecule has 0 amide bonds. The Morgan fingerprint density at radius 3 is 2.83 bits per heavy atom. The summed E-state index contributed by atoms with van der Waals surface area (Å²) in [5.41, 5.74) is 4.05. The lowest BCUT2D eigenvalue weighted by Gasteiger charge is -2.14. The molecule has 3 N–H and O–H groups in total. The van der Waals surface area contributed by atoms with E-state index in [4.69, 9.17) is 5.84 Å². The maximum atomic E-state index is 13.5. The largest absolute Gasteiger partial charge is 0.271 e. The summed E-state index contributed by atoms with van der Waals surface area (Å²) in [5, 5.41) is 4.16. The molecule has 0 aliphatic heterocycles. The number of halogens is 1. The van der Waals surface area contributed by atoms with Gasteiger partial charge in [0.25, 0.3) is 0 Å². The molecule has 96 valence electrons. The summed E-state index contributed by atoms with van der Waals surface area (Å²) < 4.78 is 13.5. The van der Waals surface area contributed by atoms with Gasteiger partial charge in [-0.2, -0.15) is 11.3 Å². The fourth-order valence-corrected chi connectivity index (χ4v) is 3.27. The average Bonchev–Trinajstić information content (AvgIpc) is 2.89. The van der Waals surface area contributed by atoms with Crippen molar-refractivity contribution in [3.63, 3.8) is 0 Å². The number of nitrogens with one attached hydrogen (secondary N) is 1. The Hall–Kier alpha value is -0.880. The third-order valence-electron chi connectivity index (χ3n) is 2.57. The van der Waals surface area contributed by atoms with Crippen molar-refractivity contribution in [1.29, 1.82) is 0 Å². The molecule has 0 radical (unpaired) electrons. The molecular weight excluding hydrogens is 267 g/mol. The first-order valence-electron chi connectivity index (χ1n) is 5.64. The summed E-state index contributed by atoms with van der Waals surface area (Å²) in [5.74, 6) is 6.11. The van der Waals surface area contributed by atoms with Crippen molar-refractivity contribution >= 4 is 23.1 Å². The zero-order valence-corrected chi connectivity index (χ0v) is 11.4. The maximum Gasteiger partial charge on any atom is 0.136 e. The van der Waals surface area contributed by atoms with Gasteiger partial charge in [-0.25, -0.2) is 4.39 Å². The van der Waals surface area contributed by atoms with E-state index in [0.29, 0.717) is 4.90 Å². The minimum absolute atomic E-state index is 0.143. The molecule has 1 heterocycles. The van der Waals surface area contributed by atoms with E-state index in [1.807, 2.05) is 11.4 Å². The minimum Gasteiger partial charge on any atom is -0.271 e. The van der Waals surface area contributed by atoms with Crippen LogP contribution in [0.25, 0.3) is 0 Å². The number of hydrogen-bond donors (Lipinski definition) is 2. The zero-order chi connectivity index (χ0) is 12.8. The maximum absolute atomic E-state index is 13.5. The highest BCUT2D eigenvalue weighted by Gasteiger charge is 2.10. The number of thioether (sulfide) groups is 1. The number of benzene rings is 1. The number of hydrazine groups is 1. The Bertz CT molecular complexity index is 474. The highest BCUT2D eigenvalue weighted by molar-refractivity contribution is 7.99. The van der Waals surface area contributed by atoms with Crippen LogP contribution in [0.15, 0.2) is 46.0 Å². The molecule has 5 heteroatoms. The number of nitrogens with two attached hydrogens (primary N) is 1. The number of thiophene rings is 1. The van der Waals surface area contributed by atoms with Crippen molar-refractivity contribution in [2.45, 2.75) is 17.4 Å². The van der Waals surface area contributed by atoms with Crippen molar-refractivity contribution in [1.82, 2.24) is 5.43 Å². The smallest absolute Gasteiger partial charge is 0.136 e. The molecule has 18 heavy (non-hydrogen) atoms. The van der Waals surface area contributed by atoms with Gasteiger partial charge in [0.05, 0.1) is 0 Å². The first kappa shape index (κ1) is 13.5. The minimum atomic E-state index is -0.172. The van der Waals surface area contributed by atoms with E-state index in [1.54, 1.807) is 23.5 Å². The highest BCUT2D eigenvalue weighted by atomic mass is 32.2. The van der Waals surface area contributed by atoms with E-state index in [1.165, 1.54) is 23.4 Å². The van der Waals surface area contributed by atoms with Crippen LogP contribution in [0.4, 0.5) is 4.39 Å². The first-order valence-corrected chi connectivity index (χ1v) is 7.57. The van der Waals surface area contributed by atoms with Crippen molar-refractivity contribution in [2.24, 2.45) is 5.84 Å². The van der Waals surface area contributed by atoms with Crippen molar-refractivity contribution < 1.29 is 4.39 Å². The molecular formula is C13H15FN2S2. The average molecular weight is 282 g/mol. The van der Waals surface area contributed by atoms with Crippen LogP contribution in [-0.4, -0.2) is 11.8 Å². The summed E-state index contributed by atoms with van der Waals surface area (Å²) in [6, 6.07) is 9.04. The second-order valence-electron chi connectivity index (χ2n) is 3.94. The Morgan fingerprint density at radius 2 is 2.17 bits per heavy atom. The van der Waals surface area contributed by atoms with Gasteiger partial charge in [-0.3, -0.25) is 11.3 Å². The Balaban J connectivity index is 1.89. The van der Waals surface area contributed by atoms with Crippen LogP contribution in [0.1, 0.15) is 5.56 Å². The molecule has 1 aromatic carbocycles. The molecule has 1 aromatic heterocycles. The molecule has 0 spiro atoms. The fourth-order valence-electron chi connectivity index (χ4n) is 1.61. The second-order valence-corrected chi connectivity index (χ2v) is 5.78. The Kier molecular flexibility index (Phi) is 5.19. The van der Waals surface area contributed by atoms with Crippen LogP contribution in [0.2, 0.25) is 0 Å². The molecule has 0 saturated carbocycles. The van der Waals surface area contributed by atoms with Gasteiger partial charge in [0.15, 0.2) is 0 Å². The quantitative estimate of drug-likeness (QED) is 0.486. The summed E-state index contributed by atoms with van der Waals surface area (Å²) >= 11 is 3.16. The van der Waals surface area contributed by atoms with E-state index >= 15 is 0 Å². The summed E-state index contributed by atoms with van der Waals surface area (Å²) in [6.07, 6.45) is 0.863. The van der Waals surface area contributed by atoms with Gasteiger partial charge >= 0.3 is 0 Å². The first-order chi connectivity index (χ1) is 8.79. The summed E-state index contributed by atoms with van der Waals surface area (Å²) in [7, 11) is 0. The third kappa shape index (κ3) is 3.81. The topological polar surface area (TPSA) is 38.0 Å². The molecule has 2 aromatic rings. The summed E-state index contributed by atoms with van der Waals surface area (Å²) in [6.45, 7) is 0. The van der Waals surface area contributed by atoms with Crippen LogP contribution >= 0.6 is 23.1 Å². The molecule has 0 fully saturated rings. The highest BCUT2D eigenvalue weighted by Crippen LogP contribution is 2.22. The molecule has 0 aliphatic carbocycles. The van der Waals surface area contributed by atoms with Crippen LogP contribution in [0, 0.1) is 5.82 Å². The monoisotopic (exact) mass is 282 g/mol. The molecule has 0 saturated heterocycles. The van der Waals surface area contributed by atoms with Gasteiger partial charge < -0.3 is 0 Å². The lowest BCUT2D eigenvalue weighted by molar-refractivity contribution is 0.574. The van der Waals surface area contributed by atoms with E-state index in [0.717, 1.165) is 12.2 Å². The number of hydrogen-bond acceptors (Lipinski definition) is 4. The molecule has 0 aliphatic rings. The fraction of sp³-hybridized carbons (Fsp3) is 0.231. The van der Waals surface area contributed by atoms with Crippen molar-refractivity contribution in [3.8, 4) is 0 Å². The van der Waals surface area contributed by atoms with E-state index < -0.39 is 0 Å².